The maximum Gasteiger partial charge on any atom is 0.315 e. The highest BCUT2D eigenvalue weighted by Gasteiger charge is 2.44. The number of aromatic amines is 1. The summed E-state index contributed by atoms with van der Waals surface area (Å²) in [6, 6.07) is 0. The second-order valence-corrected chi connectivity index (χ2v) is 3.89. The number of aliphatic carboxylic acids is 1. The maximum absolute atomic E-state index is 11.3. The van der Waals surface area contributed by atoms with Gasteiger partial charge in [0.15, 0.2) is 0 Å². The number of rotatable bonds is 2. The molecule has 0 saturated heterocycles. The van der Waals surface area contributed by atoms with E-state index in [2.05, 4.69) is 9.97 Å². The van der Waals surface area contributed by atoms with E-state index in [9.17, 15) is 14.7 Å². The first-order valence-corrected chi connectivity index (χ1v) is 4.89. The Hall–Kier alpha value is -1.65. The number of ketones is 1. The van der Waals surface area contributed by atoms with Crippen LogP contribution < -0.4 is 0 Å². The monoisotopic (exact) mass is 208 g/mol. The van der Waals surface area contributed by atoms with Crippen LogP contribution in [0.2, 0.25) is 0 Å². The molecule has 0 amide bonds. The molecule has 0 radical (unpaired) electrons. The van der Waals surface area contributed by atoms with Gasteiger partial charge in [0, 0.05) is 19.0 Å². The Balaban J connectivity index is 2.34. The summed E-state index contributed by atoms with van der Waals surface area (Å²) in [5.41, 5.74) is -0.341. The van der Waals surface area contributed by atoms with Gasteiger partial charge in [-0.15, -0.1) is 0 Å². The fourth-order valence-electron chi connectivity index (χ4n) is 2.07. The molecule has 0 atom stereocenters. The number of carboxylic acids is 1. The number of imidazole rings is 1. The van der Waals surface area contributed by atoms with Crippen molar-refractivity contribution in [2.45, 2.75) is 31.1 Å². The predicted molar refractivity (Wildman–Crippen MR) is 51.4 cm³/mol. The zero-order chi connectivity index (χ0) is 10.9. The van der Waals surface area contributed by atoms with Crippen LogP contribution in [0.1, 0.15) is 31.4 Å². The zero-order valence-corrected chi connectivity index (χ0v) is 8.19. The Kier molecular flexibility index (Phi) is 2.30. The van der Waals surface area contributed by atoms with Gasteiger partial charge >= 0.3 is 5.97 Å². The number of H-pyrrole nitrogens is 1. The molecule has 80 valence electrons. The molecule has 2 N–H and O–H groups in total. The fraction of sp³-hybridized carbons (Fsp3) is 0.500. The summed E-state index contributed by atoms with van der Waals surface area (Å²) in [4.78, 5) is 29.1. The second-order valence-electron chi connectivity index (χ2n) is 3.89. The fourth-order valence-corrected chi connectivity index (χ4v) is 2.07. The maximum atomic E-state index is 11.3. The minimum absolute atomic E-state index is 0.145. The molecule has 1 heterocycles. The van der Waals surface area contributed by atoms with E-state index in [1.807, 2.05) is 0 Å². The lowest BCUT2D eigenvalue weighted by Gasteiger charge is -2.31. The van der Waals surface area contributed by atoms with Gasteiger partial charge in [0.1, 0.15) is 11.2 Å². The van der Waals surface area contributed by atoms with Gasteiger partial charge in [0.2, 0.25) is 0 Å². The molecule has 1 saturated carbocycles. The molecular weight excluding hydrogens is 196 g/mol. The minimum Gasteiger partial charge on any atom is -0.481 e. The Morgan fingerprint density at radius 1 is 1.47 bits per heavy atom. The molecule has 0 unspecified atom stereocenters. The Morgan fingerprint density at radius 3 is 2.60 bits per heavy atom. The van der Waals surface area contributed by atoms with Crippen LogP contribution in [0.5, 0.6) is 0 Å². The number of nitrogens with one attached hydrogen (secondary N) is 1. The van der Waals surface area contributed by atoms with Crippen LogP contribution >= 0.6 is 0 Å². The van der Waals surface area contributed by atoms with E-state index in [-0.39, 0.29) is 5.78 Å². The number of hydrogen-bond acceptors (Lipinski definition) is 3. The lowest BCUT2D eigenvalue weighted by Crippen LogP contribution is -2.40. The number of aromatic nitrogens is 2. The first-order chi connectivity index (χ1) is 7.15. The molecule has 5 nitrogen and oxygen atoms in total. The van der Waals surface area contributed by atoms with Crippen molar-refractivity contribution >= 4 is 11.8 Å². The summed E-state index contributed by atoms with van der Waals surface area (Å²) >= 11 is 0. The van der Waals surface area contributed by atoms with Gasteiger partial charge < -0.3 is 10.1 Å². The van der Waals surface area contributed by atoms with E-state index in [4.69, 9.17) is 0 Å². The number of Topliss-reactive ketones (excluding diaryl/α,β-unsaturated/α-hetero) is 1. The quantitative estimate of drug-likeness (QED) is 0.755. The van der Waals surface area contributed by atoms with Crippen molar-refractivity contribution < 1.29 is 14.7 Å². The zero-order valence-electron chi connectivity index (χ0n) is 8.19. The molecule has 15 heavy (non-hydrogen) atoms. The third kappa shape index (κ3) is 1.54. The molecule has 0 bridgehead atoms. The van der Waals surface area contributed by atoms with Crippen LogP contribution in [-0.2, 0) is 15.0 Å². The van der Waals surface area contributed by atoms with Gasteiger partial charge in [-0.1, -0.05) is 0 Å². The van der Waals surface area contributed by atoms with Crippen molar-refractivity contribution in [3.8, 4) is 0 Å². The van der Waals surface area contributed by atoms with Crippen LogP contribution in [0.25, 0.3) is 0 Å². The highest BCUT2D eigenvalue weighted by Crippen LogP contribution is 2.37. The van der Waals surface area contributed by atoms with Crippen molar-refractivity contribution in [1.29, 1.82) is 0 Å². The van der Waals surface area contributed by atoms with Crippen molar-refractivity contribution in [3.05, 3.63) is 18.2 Å². The third-order valence-corrected chi connectivity index (χ3v) is 3.08. The number of nitrogens with zero attached hydrogens (tertiary/aromatic N) is 1. The van der Waals surface area contributed by atoms with E-state index >= 15 is 0 Å². The molecular formula is C10H12N2O3. The van der Waals surface area contributed by atoms with Crippen molar-refractivity contribution in [1.82, 2.24) is 9.97 Å². The van der Waals surface area contributed by atoms with Gasteiger partial charge in [-0.25, -0.2) is 4.98 Å². The number of carboxylic acid groups (broad SMARTS) is 1. The largest absolute Gasteiger partial charge is 0.481 e. The molecule has 1 fully saturated rings. The number of carbonyl (C=O) groups is 2. The first kappa shape index (κ1) is 9.89. The van der Waals surface area contributed by atoms with Gasteiger partial charge in [0.05, 0.1) is 12.0 Å². The highest BCUT2D eigenvalue weighted by atomic mass is 16.4. The molecule has 5 heteroatoms. The van der Waals surface area contributed by atoms with Gasteiger partial charge in [-0.2, -0.15) is 0 Å². The van der Waals surface area contributed by atoms with Crippen LogP contribution in [0, 0.1) is 0 Å². The Bertz CT molecular complexity index is 373. The van der Waals surface area contributed by atoms with E-state index in [0.717, 1.165) is 0 Å². The van der Waals surface area contributed by atoms with Crippen molar-refractivity contribution in [2.75, 3.05) is 0 Å². The summed E-state index contributed by atoms with van der Waals surface area (Å²) in [6.07, 6.45) is 4.41. The summed E-state index contributed by atoms with van der Waals surface area (Å²) in [7, 11) is 0. The van der Waals surface area contributed by atoms with Gasteiger partial charge in [-0.05, 0) is 12.8 Å². The lowest BCUT2D eigenvalue weighted by molar-refractivity contribution is -0.146. The van der Waals surface area contributed by atoms with Crippen molar-refractivity contribution in [3.63, 3.8) is 0 Å². The Morgan fingerprint density at radius 2 is 2.13 bits per heavy atom. The standard InChI is InChI=1S/C10H12N2O3/c13-7-1-3-10(4-2-7,9(14)15)8-5-11-6-12-8/h5-6H,1-4H2,(H,11,12)(H,14,15). The van der Waals surface area contributed by atoms with E-state index < -0.39 is 11.4 Å². The molecule has 0 aliphatic heterocycles. The van der Waals surface area contributed by atoms with Crippen LogP contribution in [0.4, 0.5) is 0 Å². The summed E-state index contributed by atoms with van der Waals surface area (Å²) in [5.74, 6) is -0.731. The second kappa shape index (κ2) is 3.49. The number of carbonyl (C=O) groups excluding carboxylic acids is 1. The highest BCUT2D eigenvalue weighted by molar-refractivity contribution is 5.87. The molecule has 1 aromatic rings. The van der Waals surface area contributed by atoms with Crippen LogP contribution in [0.15, 0.2) is 12.5 Å². The molecule has 1 aromatic heterocycles. The predicted octanol–water partition coefficient (Wildman–Crippen LogP) is 0.875. The average molecular weight is 208 g/mol. The topological polar surface area (TPSA) is 83.1 Å². The van der Waals surface area contributed by atoms with Crippen molar-refractivity contribution in [2.24, 2.45) is 0 Å². The molecule has 1 aliphatic rings. The molecule has 1 aliphatic carbocycles. The van der Waals surface area contributed by atoms with E-state index in [1.165, 1.54) is 12.5 Å². The molecule has 0 spiro atoms. The van der Waals surface area contributed by atoms with E-state index in [1.54, 1.807) is 0 Å². The molecule has 2 rings (SSSR count). The van der Waals surface area contributed by atoms with E-state index in [0.29, 0.717) is 31.4 Å². The smallest absolute Gasteiger partial charge is 0.315 e. The SMILES string of the molecule is O=C1CCC(C(=O)O)(c2cnc[nH]2)CC1. The summed E-state index contributed by atoms with van der Waals surface area (Å²) in [6.45, 7) is 0. The third-order valence-electron chi connectivity index (χ3n) is 3.08. The van der Waals surface area contributed by atoms with Gasteiger partial charge in [0.25, 0.3) is 0 Å². The summed E-state index contributed by atoms with van der Waals surface area (Å²) < 4.78 is 0. The average Bonchev–Trinajstić information content (AvgIpc) is 2.72. The van der Waals surface area contributed by atoms with Gasteiger partial charge in [-0.3, -0.25) is 9.59 Å². The molecule has 0 aromatic carbocycles. The van der Waals surface area contributed by atoms with Crippen LogP contribution in [-0.4, -0.2) is 26.8 Å². The summed E-state index contributed by atoms with van der Waals surface area (Å²) in [5, 5.41) is 9.29. The van der Waals surface area contributed by atoms with Crippen LogP contribution in [0.3, 0.4) is 0 Å². The number of hydrogen-bond donors (Lipinski definition) is 2. The normalized spacial score (nSPS) is 20.1. The lowest BCUT2D eigenvalue weighted by atomic mass is 9.71. The Labute approximate surface area is 86.5 Å². The first-order valence-electron chi connectivity index (χ1n) is 4.89. The minimum atomic E-state index is -0.940.